The quantitative estimate of drug-likeness (QED) is 0.648. The summed E-state index contributed by atoms with van der Waals surface area (Å²) in [6.07, 6.45) is 5.97. The SMILES string of the molecule is Cn1ccc(CN2CCN(c3ccc4c(=O)n(CC5CC5)cnc4c3)CC2)cc1=O. The Bertz CT molecular complexity index is 1190. The van der Waals surface area contributed by atoms with Crippen molar-refractivity contribution in [3.8, 4) is 0 Å². The average molecular weight is 406 g/mol. The van der Waals surface area contributed by atoms with Gasteiger partial charge in [-0.15, -0.1) is 0 Å². The first kappa shape index (κ1) is 19.1. The molecule has 0 atom stereocenters. The van der Waals surface area contributed by atoms with Crippen LogP contribution in [0, 0.1) is 5.92 Å². The van der Waals surface area contributed by atoms with Crippen molar-refractivity contribution in [2.45, 2.75) is 25.9 Å². The molecule has 0 unspecified atom stereocenters. The minimum Gasteiger partial charge on any atom is -0.369 e. The lowest BCUT2D eigenvalue weighted by atomic mass is 10.1. The number of aryl methyl sites for hydroxylation is 1. The molecule has 0 amide bonds. The lowest BCUT2D eigenvalue weighted by Crippen LogP contribution is -2.46. The number of nitrogens with zero attached hydrogens (tertiary/aromatic N) is 5. The maximum absolute atomic E-state index is 12.7. The summed E-state index contributed by atoms with van der Waals surface area (Å²) in [5, 5.41) is 0.700. The molecule has 1 aliphatic carbocycles. The average Bonchev–Trinajstić information content (AvgIpc) is 3.57. The van der Waals surface area contributed by atoms with Gasteiger partial charge >= 0.3 is 0 Å². The largest absolute Gasteiger partial charge is 0.369 e. The molecular weight excluding hydrogens is 378 g/mol. The molecule has 2 aliphatic rings. The van der Waals surface area contributed by atoms with Crippen LogP contribution in [0.3, 0.4) is 0 Å². The van der Waals surface area contributed by atoms with E-state index in [0.29, 0.717) is 11.3 Å². The maximum Gasteiger partial charge on any atom is 0.261 e. The Morgan fingerprint density at radius 2 is 1.83 bits per heavy atom. The van der Waals surface area contributed by atoms with Crippen LogP contribution < -0.4 is 16.0 Å². The molecule has 156 valence electrons. The summed E-state index contributed by atoms with van der Waals surface area (Å²) < 4.78 is 3.35. The van der Waals surface area contributed by atoms with Crippen molar-refractivity contribution < 1.29 is 0 Å². The Balaban J connectivity index is 1.26. The van der Waals surface area contributed by atoms with Gasteiger partial charge in [-0.25, -0.2) is 4.98 Å². The van der Waals surface area contributed by atoms with Crippen molar-refractivity contribution in [2.24, 2.45) is 13.0 Å². The lowest BCUT2D eigenvalue weighted by Gasteiger charge is -2.36. The van der Waals surface area contributed by atoms with Crippen molar-refractivity contribution in [1.29, 1.82) is 0 Å². The van der Waals surface area contributed by atoms with E-state index in [2.05, 4.69) is 14.8 Å². The number of rotatable bonds is 5. The van der Waals surface area contributed by atoms with E-state index >= 15 is 0 Å². The van der Waals surface area contributed by atoms with Gasteiger partial charge in [-0.3, -0.25) is 19.1 Å². The number of hydrogen-bond acceptors (Lipinski definition) is 5. The van der Waals surface area contributed by atoms with E-state index in [1.165, 1.54) is 12.8 Å². The monoisotopic (exact) mass is 405 g/mol. The first-order valence-corrected chi connectivity index (χ1v) is 10.7. The number of anilines is 1. The zero-order valence-electron chi connectivity index (χ0n) is 17.3. The smallest absolute Gasteiger partial charge is 0.261 e. The highest BCUT2D eigenvalue weighted by Crippen LogP contribution is 2.30. The number of pyridine rings is 1. The van der Waals surface area contributed by atoms with Crippen molar-refractivity contribution in [3.63, 3.8) is 0 Å². The third-order valence-corrected chi connectivity index (χ3v) is 6.27. The summed E-state index contributed by atoms with van der Waals surface area (Å²) in [4.78, 5) is 33.8. The lowest BCUT2D eigenvalue weighted by molar-refractivity contribution is 0.249. The van der Waals surface area contributed by atoms with Crippen LogP contribution in [0.1, 0.15) is 18.4 Å². The van der Waals surface area contributed by atoms with E-state index in [-0.39, 0.29) is 11.1 Å². The standard InChI is InChI=1S/C23H27N5O2/c1-25-7-6-18(12-22(25)29)14-26-8-10-27(11-9-26)19-4-5-20-21(13-19)24-16-28(23(20)30)15-17-2-3-17/h4-7,12-13,16-17H,2-3,8-11,14-15H2,1H3. The van der Waals surface area contributed by atoms with Crippen LogP contribution in [0.2, 0.25) is 0 Å². The summed E-state index contributed by atoms with van der Waals surface area (Å²) >= 11 is 0. The van der Waals surface area contributed by atoms with E-state index in [1.807, 2.05) is 30.5 Å². The van der Waals surface area contributed by atoms with Crippen LogP contribution in [0.25, 0.3) is 10.9 Å². The van der Waals surface area contributed by atoms with Gasteiger partial charge in [-0.05, 0) is 48.6 Å². The van der Waals surface area contributed by atoms with Crippen LogP contribution in [0.5, 0.6) is 0 Å². The molecule has 5 rings (SSSR count). The highest BCUT2D eigenvalue weighted by molar-refractivity contribution is 5.81. The molecule has 1 aromatic carbocycles. The van der Waals surface area contributed by atoms with E-state index in [0.717, 1.165) is 56.0 Å². The molecule has 2 aromatic heterocycles. The Labute approximate surface area is 175 Å². The Morgan fingerprint density at radius 1 is 1.03 bits per heavy atom. The number of benzene rings is 1. The summed E-state index contributed by atoms with van der Waals surface area (Å²) in [5.41, 5.74) is 3.04. The van der Waals surface area contributed by atoms with Gasteiger partial charge in [0.1, 0.15) is 0 Å². The fourth-order valence-corrected chi connectivity index (χ4v) is 4.16. The molecule has 0 N–H and O–H groups in total. The molecule has 7 nitrogen and oxygen atoms in total. The number of aromatic nitrogens is 3. The normalized spacial score (nSPS) is 17.6. The van der Waals surface area contributed by atoms with Gasteiger partial charge in [0.25, 0.3) is 11.1 Å². The van der Waals surface area contributed by atoms with Crippen LogP contribution >= 0.6 is 0 Å². The fraction of sp³-hybridized carbons (Fsp3) is 0.435. The molecule has 3 aromatic rings. The van der Waals surface area contributed by atoms with Crippen LogP contribution in [-0.4, -0.2) is 45.2 Å². The third kappa shape index (κ3) is 3.89. The highest BCUT2D eigenvalue weighted by atomic mass is 16.1. The summed E-state index contributed by atoms with van der Waals surface area (Å²) in [6, 6.07) is 9.74. The van der Waals surface area contributed by atoms with Crippen molar-refractivity contribution in [1.82, 2.24) is 19.0 Å². The molecule has 30 heavy (non-hydrogen) atoms. The van der Waals surface area contributed by atoms with Gasteiger partial charge < -0.3 is 9.47 Å². The van der Waals surface area contributed by atoms with Gasteiger partial charge in [0.15, 0.2) is 0 Å². The molecule has 1 aliphatic heterocycles. The number of fused-ring (bicyclic) bond motifs is 1. The van der Waals surface area contributed by atoms with Crippen LogP contribution in [-0.2, 0) is 20.1 Å². The third-order valence-electron chi connectivity index (χ3n) is 6.27. The molecule has 1 saturated carbocycles. The molecule has 3 heterocycles. The highest BCUT2D eigenvalue weighted by Gasteiger charge is 2.23. The Hall–Kier alpha value is -2.93. The molecule has 0 spiro atoms. The molecule has 0 radical (unpaired) electrons. The summed E-state index contributed by atoms with van der Waals surface area (Å²) in [7, 11) is 1.77. The predicted octanol–water partition coefficient (Wildman–Crippen LogP) is 1.83. The van der Waals surface area contributed by atoms with Gasteiger partial charge in [0.05, 0.1) is 17.2 Å². The number of hydrogen-bond donors (Lipinski definition) is 0. The molecule has 0 bridgehead atoms. The minimum atomic E-state index is 0.0333. The first-order chi connectivity index (χ1) is 14.6. The first-order valence-electron chi connectivity index (χ1n) is 10.7. The summed E-state index contributed by atoms with van der Waals surface area (Å²) in [5.74, 6) is 0.649. The molecule has 2 fully saturated rings. The topological polar surface area (TPSA) is 63.4 Å². The van der Waals surface area contributed by atoms with E-state index in [4.69, 9.17) is 0 Å². The second kappa shape index (κ2) is 7.72. The van der Waals surface area contributed by atoms with Crippen LogP contribution in [0.4, 0.5) is 5.69 Å². The van der Waals surface area contributed by atoms with Crippen molar-refractivity contribution >= 4 is 16.6 Å². The maximum atomic E-state index is 12.7. The molecule has 1 saturated heterocycles. The molecule has 7 heteroatoms. The van der Waals surface area contributed by atoms with E-state index < -0.39 is 0 Å². The van der Waals surface area contributed by atoms with Crippen molar-refractivity contribution in [2.75, 3.05) is 31.1 Å². The Morgan fingerprint density at radius 3 is 2.57 bits per heavy atom. The Kier molecular flexibility index (Phi) is 4.90. The molecular formula is C23H27N5O2. The van der Waals surface area contributed by atoms with E-state index in [1.54, 1.807) is 28.6 Å². The minimum absolute atomic E-state index is 0.0333. The van der Waals surface area contributed by atoms with Gasteiger partial charge in [-0.2, -0.15) is 0 Å². The second-order valence-corrected chi connectivity index (χ2v) is 8.59. The van der Waals surface area contributed by atoms with Crippen LogP contribution in [0.15, 0.2) is 52.4 Å². The van der Waals surface area contributed by atoms with Gasteiger partial charge in [0.2, 0.25) is 0 Å². The zero-order chi connectivity index (χ0) is 20.7. The summed E-state index contributed by atoms with van der Waals surface area (Å²) in [6.45, 7) is 5.28. The van der Waals surface area contributed by atoms with Crippen molar-refractivity contribution in [3.05, 3.63) is 69.1 Å². The number of piperazine rings is 1. The van der Waals surface area contributed by atoms with Gasteiger partial charge in [0, 0.05) is 64.3 Å². The fourth-order valence-electron chi connectivity index (χ4n) is 4.16. The predicted molar refractivity (Wildman–Crippen MR) is 118 cm³/mol. The zero-order valence-corrected chi connectivity index (χ0v) is 17.3. The van der Waals surface area contributed by atoms with Gasteiger partial charge in [-0.1, -0.05) is 0 Å². The second-order valence-electron chi connectivity index (χ2n) is 8.59. The van der Waals surface area contributed by atoms with E-state index in [9.17, 15) is 9.59 Å².